The highest BCUT2D eigenvalue weighted by molar-refractivity contribution is 5.84. The van der Waals surface area contributed by atoms with E-state index in [2.05, 4.69) is 6.58 Å². The number of nitro benzene ring substituents is 1. The number of benzene rings is 1. The van der Waals surface area contributed by atoms with Crippen molar-refractivity contribution in [2.45, 2.75) is 25.7 Å². The molecule has 1 atom stereocenters. The van der Waals surface area contributed by atoms with Gasteiger partial charge >= 0.3 is 5.97 Å². The molecule has 0 bridgehead atoms. The van der Waals surface area contributed by atoms with Gasteiger partial charge in [-0.25, -0.2) is 0 Å². The minimum Gasteiger partial charge on any atom is -0.468 e. The zero-order chi connectivity index (χ0) is 14.6. The third-order valence-corrected chi connectivity index (χ3v) is 2.99. The van der Waals surface area contributed by atoms with Crippen molar-refractivity contribution in [3.8, 4) is 0 Å². The van der Waals surface area contributed by atoms with Crippen LogP contribution in [0.15, 0.2) is 36.4 Å². The molecule has 1 aromatic rings. The van der Waals surface area contributed by atoms with Crippen LogP contribution in [0.25, 0.3) is 0 Å². The Morgan fingerprint density at radius 2 is 2.05 bits per heavy atom. The lowest BCUT2D eigenvalue weighted by atomic mass is 9.77. The summed E-state index contributed by atoms with van der Waals surface area (Å²) in [5, 5.41) is 11.1. The minimum absolute atomic E-state index is 0.0864. The topological polar surface area (TPSA) is 69.4 Å². The van der Waals surface area contributed by atoms with Crippen LogP contribution in [0.4, 0.5) is 5.69 Å². The number of allylic oxidation sites excluding steroid dienone is 1. The van der Waals surface area contributed by atoms with Crippen molar-refractivity contribution in [2.24, 2.45) is 0 Å². The second-order valence-corrected chi connectivity index (χ2v) is 4.73. The molecule has 19 heavy (non-hydrogen) atoms. The summed E-state index contributed by atoms with van der Waals surface area (Å²) in [6.07, 6.45) is 0.296. The van der Waals surface area contributed by atoms with Crippen LogP contribution < -0.4 is 0 Å². The Balaban J connectivity index is 3.45. The molecule has 1 aromatic carbocycles. The van der Waals surface area contributed by atoms with Crippen molar-refractivity contribution in [1.82, 2.24) is 0 Å². The molecule has 0 aliphatic heterocycles. The summed E-state index contributed by atoms with van der Waals surface area (Å²) in [5.74, 6) is -0.509. The fourth-order valence-electron chi connectivity index (χ4n) is 2.21. The van der Waals surface area contributed by atoms with Gasteiger partial charge in [0.05, 0.1) is 12.0 Å². The Hall–Kier alpha value is -2.17. The predicted molar refractivity (Wildman–Crippen MR) is 71.9 cm³/mol. The summed E-state index contributed by atoms with van der Waals surface area (Å²) in [4.78, 5) is 22.7. The Morgan fingerprint density at radius 3 is 2.53 bits per heavy atom. The first-order valence-electron chi connectivity index (χ1n) is 5.79. The van der Waals surface area contributed by atoms with Gasteiger partial charge in [-0.1, -0.05) is 23.8 Å². The molecule has 0 aromatic heterocycles. The van der Waals surface area contributed by atoms with Gasteiger partial charge in [-0.2, -0.15) is 0 Å². The fourth-order valence-corrected chi connectivity index (χ4v) is 2.21. The van der Waals surface area contributed by atoms with Crippen molar-refractivity contribution in [3.05, 3.63) is 52.1 Å². The molecular formula is C14H17NO4. The number of methoxy groups -OCH3 is 1. The van der Waals surface area contributed by atoms with Crippen LogP contribution in [0.3, 0.4) is 0 Å². The monoisotopic (exact) mass is 263 g/mol. The molecule has 0 N–H and O–H groups in total. The van der Waals surface area contributed by atoms with Gasteiger partial charge in [-0.15, -0.1) is 6.58 Å². The average Bonchev–Trinajstić information content (AvgIpc) is 2.36. The van der Waals surface area contributed by atoms with Crippen molar-refractivity contribution in [3.63, 3.8) is 0 Å². The number of esters is 1. The van der Waals surface area contributed by atoms with E-state index in [1.807, 2.05) is 0 Å². The quantitative estimate of drug-likeness (QED) is 0.354. The third kappa shape index (κ3) is 2.99. The Bertz CT molecular complexity index is 524. The number of nitro groups is 1. The Kier molecular flexibility index (Phi) is 4.43. The zero-order valence-corrected chi connectivity index (χ0v) is 11.3. The van der Waals surface area contributed by atoms with Crippen LogP contribution in [-0.2, 0) is 14.9 Å². The van der Waals surface area contributed by atoms with E-state index in [4.69, 9.17) is 4.74 Å². The lowest BCUT2D eigenvalue weighted by Gasteiger charge is -2.27. The first-order chi connectivity index (χ1) is 8.82. The van der Waals surface area contributed by atoms with E-state index in [-0.39, 0.29) is 5.69 Å². The highest BCUT2D eigenvalue weighted by Gasteiger charge is 2.40. The third-order valence-electron chi connectivity index (χ3n) is 2.99. The summed E-state index contributed by atoms with van der Waals surface area (Å²) in [7, 11) is 1.27. The summed E-state index contributed by atoms with van der Waals surface area (Å²) < 4.78 is 4.80. The molecule has 102 valence electrons. The molecule has 0 aliphatic rings. The Morgan fingerprint density at radius 1 is 1.47 bits per heavy atom. The highest BCUT2D eigenvalue weighted by atomic mass is 16.6. The molecule has 5 heteroatoms. The van der Waals surface area contributed by atoms with Crippen molar-refractivity contribution in [2.75, 3.05) is 7.11 Å². The van der Waals surface area contributed by atoms with Gasteiger partial charge in [0.1, 0.15) is 5.41 Å². The molecule has 0 spiro atoms. The molecule has 1 unspecified atom stereocenters. The summed E-state index contributed by atoms with van der Waals surface area (Å²) >= 11 is 0. The van der Waals surface area contributed by atoms with Crippen LogP contribution in [0.2, 0.25) is 0 Å². The van der Waals surface area contributed by atoms with Gasteiger partial charge in [0.2, 0.25) is 0 Å². The lowest BCUT2D eigenvalue weighted by molar-refractivity contribution is -0.386. The maximum absolute atomic E-state index is 12.1. The fraction of sp³-hybridized carbons (Fsp3) is 0.357. The second-order valence-electron chi connectivity index (χ2n) is 4.73. The molecule has 0 radical (unpaired) electrons. The smallest absolute Gasteiger partial charge is 0.316 e. The first kappa shape index (κ1) is 14.9. The van der Waals surface area contributed by atoms with Gasteiger partial charge in [-0.05, 0) is 20.3 Å². The van der Waals surface area contributed by atoms with Crippen LogP contribution in [0.5, 0.6) is 0 Å². The maximum atomic E-state index is 12.1. The predicted octanol–water partition coefficient (Wildman–Crippen LogP) is 2.99. The molecule has 0 amide bonds. The molecule has 0 heterocycles. The van der Waals surface area contributed by atoms with Gasteiger partial charge in [0, 0.05) is 11.6 Å². The van der Waals surface area contributed by atoms with Crippen molar-refractivity contribution in [1.29, 1.82) is 0 Å². The Labute approximate surface area is 112 Å². The lowest BCUT2D eigenvalue weighted by Crippen LogP contribution is -2.34. The van der Waals surface area contributed by atoms with E-state index in [0.29, 0.717) is 12.0 Å². The molecule has 0 fully saturated rings. The molecule has 0 saturated carbocycles. The van der Waals surface area contributed by atoms with Crippen LogP contribution in [-0.4, -0.2) is 18.0 Å². The minimum atomic E-state index is -1.11. The van der Waals surface area contributed by atoms with E-state index in [0.717, 1.165) is 5.57 Å². The van der Waals surface area contributed by atoms with Crippen molar-refractivity contribution >= 4 is 11.7 Å². The molecule has 0 saturated heterocycles. The molecule has 0 aliphatic carbocycles. The molecular weight excluding hydrogens is 246 g/mol. The number of para-hydroxylation sites is 1. The number of carbonyl (C=O) groups excluding carboxylic acids is 1. The number of nitrogens with zero attached hydrogens (tertiary/aromatic N) is 1. The number of ether oxygens (including phenoxy) is 1. The van der Waals surface area contributed by atoms with Gasteiger partial charge in [0.25, 0.3) is 5.69 Å². The van der Waals surface area contributed by atoms with E-state index in [9.17, 15) is 14.9 Å². The SMILES string of the molecule is C=C(C)CC(C)(C(=O)OC)c1ccccc1[N+](=O)[O-]. The van der Waals surface area contributed by atoms with Crippen LogP contribution >= 0.6 is 0 Å². The molecule has 1 rings (SSSR count). The van der Waals surface area contributed by atoms with E-state index in [1.165, 1.54) is 13.2 Å². The number of rotatable bonds is 5. The summed E-state index contributed by atoms with van der Waals surface area (Å²) in [6, 6.07) is 6.20. The van der Waals surface area contributed by atoms with Gasteiger partial charge in [0.15, 0.2) is 0 Å². The number of carbonyl (C=O) groups is 1. The van der Waals surface area contributed by atoms with Crippen LogP contribution in [0.1, 0.15) is 25.8 Å². The van der Waals surface area contributed by atoms with E-state index in [1.54, 1.807) is 32.0 Å². The second kappa shape index (κ2) is 5.65. The highest BCUT2D eigenvalue weighted by Crippen LogP contribution is 2.37. The van der Waals surface area contributed by atoms with Gasteiger partial charge in [-0.3, -0.25) is 14.9 Å². The first-order valence-corrected chi connectivity index (χ1v) is 5.79. The standard InChI is InChI=1S/C14H17NO4/c1-10(2)9-14(3,13(16)19-4)11-7-5-6-8-12(11)15(17)18/h5-8H,1,9H2,2-4H3. The molecule has 5 nitrogen and oxygen atoms in total. The van der Waals surface area contributed by atoms with E-state index >= 15 is 0 Å². The normalized spacial score (nSPS) is 13.4. The average molecular weight is 263 g/mol. The number of hydrogen-bond acceptors (Lipinski definition) is 4. The summed E-state index contributed by atoms with van der Waals surface area (Å²) in [5.41, 5.74) is -0.0953. The summed E-state index contributed by atoms with van der Waals surface area (Å²) in [6.45, 7) is 7.19. The zero-order valence-electron chi connectivity index (χ0n) is 11.3. The van der Waals surface area contributed by atoms with Gasteiger partial charge < -0.3 is 4.74 Å². The van der Waals surface area contributed by atoms with Crippen LogP contribution in [0, 0.1) is 10.1 Å². The largest absolute Gasteiger partial charge is 0.468 e. The maximum Gasteiger partial charge on any atom is 0.316 e. The number of hydrogen-bond donors (Lipinski definition) is 0. The van der Waals surface area contributed by atoms with Crippen molar-refractivity contribution < 1.29 is 14.5 Å². The van der Waals surface area contributed by atoms with E-state index < -0.39 is 16.3 Å².